The Hall–Kier alpha value is -2.40. The lowest BCUT2D eigenvalue weighted by Gasteiger charge is -2.03. The van der Waals surface area contributed by atoms with Crippen molar-refractivity contribution in [1.82, 2.24) is 0 Å². The van der Waals surface area contributed by atoms with E-state index in [2.05, 4.69) is 10.2 Å². The Morgan fingerprint density at radius 2 is 1.68 bits per heavy atom. The van der Waals surface area contributed by atoms with Crippen molar-refractivity contribution in [3.63, 3.8) is 0 Å². The summed E-state index contributed by atoms with van der Waals surface area (Å²) in [5.41, 5.74) is 15.0. The van der Waals surface area contributed by atoms with E-state index < -0.39 is 0 Å². The van der Waals surface area contributed by atoms with Crippen LogP contribution in [0, 0.1) is 0 Å². The summed E-state index contributed by atoms with van der Waals surface area (Å²) in [4.78, 5) is 0. The van der Waals surface area contributed by atoms with E-state index in [9.17, 15) is 0 Å². The summed E-state index contributed by atoms with van der Waals surface area (Å²) in [6.07, 6.45) is 0.583. The van der Waals surface area contributed by atoms with Crippen molar-refractivity contribution in [3.05, 3.63) is 48.0 Å². The maximum absolute atomic E-state index is 8.86. The standard InChI is InChI=1S/C14H16N4O/c15-11-2-4-12(5-3-11)17-18-14-6-1-10(7-8-19)9-13(14)16/h1-6,9,19H,7-8,15-16H2/b18-17+. The lowest BCUT2D eigenvalue weighted by molar-refractivity contribution is 0.299. The molecule has 2 rings (SSSR count). The zero-order valence-electron chi connectivity index (χ0n) is 10.5. The maximum atomic E-state index is 8.86. The predicted octanol–water partition coefficient (Wildman–Crippen LogP) is 2.80. The monoisotopic (exact) mass is 256 g/mol. The second kappa shape index (κ2) is 5.97. The SMILES string of the molecule is Nc1ccc(/N=N/c2ccc(CCO)cc2N)cc1. The van der Waals surface area contributed by atoms with Crippen LogP contribution < -0.4 is 11.5 Å². The molecule has 0 aliphatic carbocycles. The molecule has 0 fully saturated rings. The first kappa shape index (κ1) is 13.0. The number of nitrogen functional groups attached to an aromatic ring is 2. The van der Waals surface area contributed by atoms with Gasteiger partial charge in [0.25, 0.3) is 0 Å². The van der Waals surface area contributed by atoms with Crippen LogP contribution in [0.4, 0.5) is 22.7 Å². The van der Waals surface area contributed by atoms with Crippen molar-refractivity contribution < 1.29 is 5.11 Å². The minimum atomic E-state index is 0.103. The average Bonchev–Trinajstić information content (AvgIpc) is 2.40. The highest BCUT2D eigenvalue weighted by Crippen LogP contribution is 2.26. The third-order valence-corrected chi connectivity index (χ3v) is 2.66. The first-order valence-electron chi connectivity index (χ1n) is 5.95. The van der Waals surface area contributed by atoms with Gasteiger partial charge in [-0.05, 0) is 48.4 Å². The number of rotatable bonds is 4. The van der Waals surface area contributed by atoms with Crippen molar-refractivity contribution >= 4 is 22.7 Å². The van der Waals surface area contributed by atoms with Crippen LogP contribution in [0.15, 0.2) is 52.7 Å². The minimum Gasteiger partial charge on any atom is -0.399 e. The molecule has 0 atom stereocenters. The Labute approximate surface area is 111 Å². The van der Waals surface area contributed by atoms with Gasteiger partial charge in [-0.25, -0.2) is 0 Å². The molecular weight excluding hydrogens is 240 g/mol. The Bertz CT molecular complexity index is 578. The van der Waals surface area contributed by atoms with Crippen molar-refractivity contribution in [2.45, 2.75) is 6.42 Å². The fraction of sp³-hybridized carbons (Fsp3) is 0.143. The second-order valence-corrected chi connectivity index (χ2v) is 4.16. The van der Waals surface area contributed by atoms with Crippen LogP contribution in [0.2, 0.25) is 0 Å². The van der Waals surface area contributed by atoms with E-state index in [1.165, 1.54) is 0 Å². The van der Waals surface area contributed by atoms with Crippen molar-refractivity contribution in [1.29, 1.82) is 0 Å². The van der Waals surface area contributed by atoms with Crippen LogP contribution in [-0.4, -0.2) is 11.7 Å². The Balaban J connectivity index is 2.16. The van der Waals surface area contributed by atoms with E-state index in [1.54, 1.807) is 36.4 Å². The summed E-state index contributed by atoms with van der Waals surface area (Å²) < 4.78 is 0. The molecule has 0 radical (unpaired) electrons. The number of azo groups is 1. The van der Waals surface area contributed by atoms with Crippen LogP contribution in [0.25, 0.3) is 0 Å². The highest BCUT2D eigenvalue weighted by Gasteiger charge is 2.00. The lowest BCUT2D eigenvalue weighted by Crippen LogP contribution is -1.93. The molecule has 0 unspecified atom stereocenters. The van der Waals surface area contributed by atoms with E-state index in [4.69, 9.17) is 16.6 Å². The second-order valence-electron chi connectivity index (χ2n) is 4.16. The lowest BCUT2D eigenvalue weighted by atomic mass is 10.1. The van der Waals surface area contributed by atoms with Crippen molar-refractivity contribution in [2.24, 2.45) is 10.2 Å². The van der Waals surface area contributed by atoms with Gasteiger partial charge < -0.3 is 16.6 Å². The normalized spacial score (nSPS) is 11.0. The van der Waals surface area contributed by atoms with Crippen LogP contribution in [0.1, 0.15) is 5.56 Å². The number of anilines is 2. The molecule has 0 aromatic heterocycles. The zero-order valence-corrected chi connectivity index (χ0v) is 10.5. The van der Waals surface area contributed by atoms with Crippen LogP contribution in [0.3, 0.4) is 0 Å². The number of aliphatic hydroxyl groups is 1. The van der Waals surface area contributed by atoms with Crippen molar-refractivity contribution in [2.75, 3.05) is 18.1 Å². The van der Waals surface area contributed by atoms with E-state index in [0.717, 1.165) is 5.56 Å². The van der Waals surface area contributed by atoms with Crippen LogP contribution in [-0.2, 0) is 6.42 Å². The third kappa shape index (κ3) is 3.53. The topological polar surface area (TPSA) is 97.0 Å². The van der Waals surface area contributed by atoms with E-state index in [-0.39, 0.29) is 6.61 Å². The zero-order chi connectivity index (χ0) is 13.7. The molecule has 2 aromatic carbocycles. The fourth-order valence-electron chi connectivity index (χ4n) is 1.63. The van der Waals surface area contributed by atoms with E-state index >= 15 is 0 Å². The van der Waals surface area contributed by atoms with Gasteiger partial charge in [0.2, 0.25) is 0 Å². The first-order chi connectivity index (χ1) is 9.19. The molecule has 98 valence electrons. The molecule has 0 bridgehead atoms. The molecular formula is C14H16N4O. The largest absolute Gasteiger partial charge is 0.399 e. The molecule has 0 saturated carbocycles. The molecule has 5 nitrogen and oxygen atoms in total. The van der Waals surface area contributed by atoms with E-state index in [0.29, 0.717) is 29.2 Å². The molecule has 0 saturated heterocycles. The van der Waals surface area contributed by atoms with Gasteiger partial charge in [0.15, 0.2) is 0 Å². The van der Waals surface area contributed by atoms with Gasteiger partial charge in [-0.1, -0.05) is 6.07 Å². The summed E-state index contributed by atoms with van der Waals surface area (Å²) in [6, 6.07) is 12.6. The summed E-state index contributed by atoms with van der Waals surface area (Å²) in [7, 11) is 0. The highest BCUT2D eigenvalue weighted by atomic mass is 16.2. The number of hydrogen-bond acceptors (Lipinski definition) is 5. The third-order valence-electron chi connectivity index (χ3n) is 2.66. The average molecular weight is 256 g/mol. The van der Waals surface area contributed by atoms with Gasteiger partial charge in [-0.15, -0.1) is 5.11 Å². The first-order valence-corrected chi connectivity index (χ1v) is 5.95. The number of benzene rings is 2. The number of hydrogen-bond donors (Lipinski definition) is 3. The molecule has 2 aromatic rings. The van der Waals surface area contributed by atoms with E-state index in [1.807, 2.05) is 6.07 Å². The van der Waals surface area contributed by atoms with Gasteiger partial charge in [-0.2, -0.15) is 5.11 Å². The van der Waals surface area contributed by atoms with Gasteiger partial charge in [0.1, 0.15) is 5.69 Å². The molecule has 0 heterocycles. The van der Waals surface area contributed by atoms with Gasteiger partial charge in [0, 0.05) is 12.3 Å². The van der Waals surface area contributed by atoms with Gasteiger partial charge >= 0.3 is 0 Å². The molecule has 19 heavy (non-hydrogen) atoms. The molecule has 0 aliphatic heterocycles. The Kier molecular flexibility index (Phi) is 4.10. The molecule has 5 N–H and O–H groups in total. The maximum Gasteiger partial charge on any atom is 0.109 e. The van der Waals surface area contributed by atoms with Gasteiger partial charge in [-0.3, -0.25) is 0 Å². The van der Waals surface area contributed by atoms with Crippen molar-refractivity contribution in [3.8, 4) is 0 Å². The summed E-state index contributed by atoms with van der Waals surface area (Å²) in [6.45, 7) is 0.103. The molecule has 5 heteroatoms. The molecule has 0 spiro atoms. The molecule has 0 amide bonds. The minimum absolute atomic E-state index is 0.103. The molecule has 0 aliphatic rings. The highest BCUT2D eigenvalue weighted by molar-refractivity contribution is 5.63. The van der Waals surface area contributed by atoms with Crippen LogP contribution >= 0.6 is 0 Å². The quantitative estimate of drug-likeness (QED) is 0.579. The van der Waals surface area contributed by atoms with Gasteiger partial charge in [0.05, 0.1) is 11.4 Å². The summed E-state index contributed by atoms with van der Waals surface area (Å²) >= 11 is 0. The van der Waals surface area contributed by atoms with Crippen LogP contribution in [0.5, 0.6) is 0 Å². The number of nitrogens with zero attached hydrogens (tertiary/aromatic N) is 2. The number of aliphatic hydroxyl groups excluding tert-OH is 1. The summed E-state index contributed by atoms with van der Waals surface area (Å²) in [5, 5.41) is 17.1. The Morgan fingerprint density at radius 1 is 0.947 bits per heavy atom. The predicted molar refractivity (Wildman–Crippen MR) is 76.7 cm³/mol. The smallest absolute Gasteiger partial charge is 0.109 e. The number of nitrogens with two attached hydrogens (primary N) is 2. The summed E-state index contributed by atoms with van der Waals surface area (Å²) in [5.74, 6) is 0. The Morgan fingerprint density at radius 3 is 2.32 bits per heavy atom. The fourth-order valence-corrected chi connectivity index (χ4v) is 1.63.